The molecule has 0 bridgehead atoms. The number of hydrogen-bond acceptors (Lipinski definition) is 3. The van der Waals surface area contributed by atoms with Crippen LogP contribution in [-0.4, -0.2) is 23.3 Å². The topological polar surface area (TPSA) is 57.6 Å². The number of anilines is 1. The van der Waals surface area contributed by atoms with E-state index in [-0.39, 0.29) is 12.2 Å². The highest BCUT2D eigenvalue weighted by molar-refractivity contribution is 6.09. The summed E-state index contributed by atoms with van der Waals surface area (Å²) >= 11 is 0. The standard InChI is InChI=1S/C28H25NO3/c30-24(16-8-7-15-22-11-3-1-4-12-22)21-28(32)25-17-9-10-18-26(25)29(27(28)31)20-19-23-13-5-2-6-14-23/h1-18,32H,19-21H2/b15-7+,16-8+/t28-/m0/s1. The van der Waals surface area contributed by atoms with Gasteiger partial charge in [0.25, 0.3) is 5.91 Å². The SMILES string of the molecule is O=C(/C=C/C=C/c1ccccc1)C[C@@]1(O)C(=O)N(CCc2ccccc2)c2ccccc21. The Morgan fingerprint density at radius 1 is 0.875 bits per heavy atom. The van der Waals surface area contributed by atoms with E-state index in [1.165, 1.54) is 6.08 Å². The molecule has 1 N–H and O–H groups in total. The van der Waals surface area contributed by atoms with Crippen molar-refractivity contribution in [3.8, 4) is 0 Å². The number of ketones is 1. The summed E-state index contributed by atoms with van der Waals surface area (Å²) in [6, 6.07) is 26.8. The molecule has 0 fully saturated rings. The minimum absolute atomic E-state index is 0.291. The number of benzene rings is 3. The fraction of sp³-hybridized carbons (Fsp3) is 0.143. The summed E-state index contributed by atoms with van der Waals surface area (Å²) in [7, 11) is 0. The Morgan fingerprint density at radius 3 is 2.28 bits per heavy atom. The van der Waals surface area contributed by atoms with E-state index < -0.39 is 11.5 Å². The number of hydrogen-bond donors (Lipinski definition) is 1. The van der Waals surface area contributed by atoms with Crippen molar-refractivity contribution in [3.05, 3.63) is 120 Å². The normalized spacial score (nSPS) is 17.9. The highest BCUT2D eigenvalue weighted by Gasteiger charge is 2.50. The molecule has 4 nitrogen and oxygen atoms in total. The molecule has 1 aliphatic rings. The van der Waals surface area contributed by atoms with Crippen LogP contribution in [0.4, 0.5) is 5.69 Å². The number of carbonyl (C=O) groups is 2. The molecule has 1 heterocycles. The lowest BCUT2D eigenvalue weighted by molar-refractivity contribution is -0.140. The summed E-state index contributed by atoms with van der Waals surface area (Å²) in [5.74, 6) is -0.755. The molecular formula is C28H25NO3. The van der Waals surface area contributed by atoms with E-state index in [0.717, 1.165) is 11.1 Å². The molecule has 1 amide bonds. The van der Waals surface area contributed by atoms with E-state index in [4.69, 9.17) is 0 Å². The van der Waals surface area contributed by atoms with E-state index in [9.17, 15) is 14.7 Å². The molecular weight excluding hydrogens is 398 g/mol. The van der Waals surface area contributed by atoms with Crippen LogP contribution in [0.5, 0.6) is 0 Å². The molecule has 3 aromatic rings. The van der Waals surface area contributed by atoms with Crippen LogP contribution in [-0.2, 0) is 21.6 Å². The number of para-hydroxylation sites is 1. The lowest BCUT2D eigenvalue weighted by atomic mass is 9.90. The number of fused-ring (bicyclic) bond motifs is 1. The number of amides is 1. The van der Waals surface area contributed by atoms with Gasteiger partial charge in [-0.05, 0) is 29.7 Å². The van der Waals surface area contributed by atoms with E-state index in [2.05, 4.69) is 0 Å². The average molecular weight is 424 g/mol. The molecule has 1 aliphatic heterocycles. The van der Waals surface area contributed by atoms with Crippen LogP contribution in [0, 0.1) is 0 Å². The highest BCUT2D eigenvalue weighted by Crippen LogP contribution is 2.42. The van der Waals surface area contributed by atoms with Crippen molar-refractivity contribution >= 4 is 23.5 Å². The van der Waals surface area contributed by atoms with Crippen LogP contribution in [0.25, 0.3) is 6.08 Å². The lowest BCUT2D eigenvalue weighted by Gasteiger charge is -2.22. The van der Waals surface area contributed by atoms with E-state index in [0.29, 0.717) is 24.2 Å². The van der Waals surface area contributed by atoms with Crippen LogP contribution in [0.15, 0.2) is 103 Å². The average Bonchev–Trinajstić information content (AvgIpc) is 3.03. The summed E-state index contributed by atoms with van der Waals surface area (Å²) in [5, 5.41) is 11.3. The summed E-state index contributed by atoms with van der Waals surface area (Å²) in [6.07, 6.45) is 7.07. The molecule has 160 valence electrons. The van der Waals surface area contributed by atoms with Gasteiger partial charge in [-0.1, -0.05) is 97.1 Å². The molecule has 0 radical (unpaired) electrons. The molecule has 4 heteroatoms. The molecule has 4 rings (SSSR count). The first kappa shape index (κ1) is 21.5. The zero-order valence-electron chi connectivity index (χ0n) is 17.7. The fourth-order valence-electron chi connectivity index (χ4n) is 3.99. The summed E-state index contributed by atoms with van der Waals surface area (Å²) in [4.78, 5) is 27.4. The third-order valence-corrected chi connectivity index (χ3v) is 5.62. The zero-order valence-corrected chi connectivity index (χ0v) is 17.7. The summed E-state index contributed by atoms with van der Waals surface area (Å²) in [5.41, 5.74) is 1.43. The molecule has 0 unspecified atom stereocenters. The predicted octanol–water partition coefficient (Wildman–Crippen LogP) is 4.69. The van der Waals surface area contributed by atoms with Gasteiger partial charge in [0.05, 0.1) is 12.1 Å². The molecule has 32 heavy (non-hydrogen) atoms. The van der Waals surface area contributed by atoms with Gasteiger partial charge in [0.15, 0.2) is 11.4 Å². The second kappa shape index (κ2) is 9.58. The minimum atomic E-state index is -1.85. The molecule has 0 saturated heterocycles. The Morgan fingerprint density at radius 2 is 1.53 bits per heavy atom. The van der Waals surface area contributed by atoms with Crippen LogP contribution in [0.2, 0.25) is 0 Å². The fourth-order valence-corrected chi connectivity index (χ4v) is 3.99. The van der Waals surface area contributed by atoms with Gasteiger partial charge in [-0.15, -0.1) is 0 Å². The van der Waals surface area contributed by atoms with Crippen LogP contribution < -0.4 is 4.90 Å². The number of carbonyl (C=O) groups excluding carboxylic acids is 2. The molecule has 1 atom stereocenters. The quantitative estimate of drug-likeness (QED) is 0.422. The Kier molecular flexibility index (Phi) is 6.43. The smallest absolute Gasteiger partial charge is 0.264 e. The van der Waals surface area contributed by atoms with Crippen LogP contribution in [0.3, 0.4) is 0 Å². The monoisotopic (exact) mass is 423 g/mol. The van der Waals surface area contributed by atoms with Crippen molar-refractivity contribution in [3.63, 3.8) is 0 Å². The van der Waals surface area contributed by atoms with Gasteiger partial charge in [-0.25, -0.2) is 0 Å². The van der Waals surface area contributed by atoms with Crippen LogP contribution in [0.1, 0.15) is 23.1 Å². The molecule has 0 aromatic heterocycles. The Hall–Kier alpha value is -3.76. The van der Waals surface area contributed by atoms with Crippen molar-refractivity contribution in [2.45, 2.75) is 18.4 Å². The van der Waals surface area contributed by atoms with E-state index in [1.807, 2.05) is 78.9 Å². The number of rotatable bonds is 8. The zero-order chi connectivity index (χ0) is 22.4. The first-order valence-corrected chi connectivity index (χ1v) is 10.7. The van der Waals surface area contributed by atoms with E-state index >= 15 is 0 Å². The first-order chi connectivity index (χ1) is 15.6. The van der Waals surface area contributed by atoms with Crippen LogP contribution >= 0.6 is 0 Å². The third-order valence-electron chi connectivity index (χ3n) is 5.62. The third kappa shape index (κ3) is 4.61. The van der Waals surface area contributed by atoms with Gasteiger partial charge < -0.3 is 10.0 Å². The van der Waals surface area contributed by atoms with Crippen molar-refractivity contribution < 1.29 is 14.7 Å². The number of aliphatic hydroxyl groups is 1. The Bertz CT molecular complexity index is 1150. The van der Waals surface area contributed by atoms with Gasteiger partial charge in [-0.3, -0.25) is 9.59 Å². The van der Waals surface area contributed by atoms with E-state index in [1.54, 1.807) is 29.2 Å². The largest absolute Gasteiger partial charge is 0.375 e. The number of allylic oxidation sites excluding steroid dienone is 3. The second-order valence-corrected chi connectivity index (χ2v) is 7.84. The summed E-state index contributed by atoms with van der Waals surface area (Å²) in [6.45, 7) is 0.437. The molecule has 0 aliphatic carbocycles. The lowest BCUT2D eigenvalue weighted by Crippen LogP contribution is -2.42. The molecule has 0 saturated carbocycles. The van der Waals surface area contributed by atoms with Gasteiger partial charge in [0.1, 0.15) is 0 Å². The minimum Gasteiger partial charge on any atom is -0.375 e. The van der Waals surface area contributed by atoms with Crippen molar-refractivity contribution in [2.24, 2.45) is 0 Å². The molecule has 3 aromatic carbocycles. The predicted molar refractivity (Wildman–Crippen MR) is 127 cm³/mol. The Balaban J connectivity index is 1.47. The van der Waals surface area contributed by atoms with Crippen molar-refractivity contribution in [2.75, 3.05) is 11.4 Å². The maximum atomic E-state index is 13.2. The maximum absolute atomic E-state index is 13.2. The molecule has 0 spiro atoms. The van der Waals surface area contributed by atoms with Gasteiger partial charge in [0, 0.05) is 12.1 Å². The van der Waals surface area contributed by atoms with Gasteiger partial charge in [-0.2, -0.15) is 0 Å². The first-order valence-electron chi connectivity index (χ1n) is 10.7. The van der Waals surface area contributed by atoms with Gasteiger partial charge in [0.2, 0.25) is 0 Å². The second-order valence-electron chi connectivity index (χ2n) is 7.84. The van der Waals surface area contributed by atoms with Crippen molar-refractivity contribution in [1.82, 2.24) is 0 Å². The Labute approximate surface area is 188 Å². The highest BCUT2D eigenvalue weighted by atomic mass is 16.3. The summed E-state index contributed by atoms with van der Waals surface area (Å²) < 4.78 is 0. The number of nitrogens with zero attached hydrogens (tertiary/aromatic N) is 1. The van der Waals surface area contributed by atoms with Crippen molar-refractivity contribution in [1.29, 1.82) is 0 Å². The maximum Gasteiger partial charge on any atom is 0.264 e. The van der Waals surface area contributed by atoms with Gasteiger partial charge >= 0.3 is 0 Å².